The maximum atomic E-state index is 12.4. The summed E-state index contributed by atoms with van der Waals surface area (Å²) >= 11 is 0. The number of piperidine rings is 1. The molecule has 4 nitrogen and oxygen atoms in total. The summed E-state index contributed by atoms with van der Waals surface area (Å²) in [6, 6.07) is 0. The van der Waals surface area contributed by atoms with Gasteiger partial charge in [-0.2, -0.15) is 0 Å². The monoisotopic (exact) mass is 279 g/mol. The molecule has 20 heavy (non-hydrogen) atoms. The van der Waals surface area contributed by atoms with Gasteiger partial charge in [0.15, 0.2) is 0 Å². The Labute approximate surface area is 123 Å². The van der Waals surface area contributed by atoms with Gasteiger partial charge in [-0.25, -0.2) is 0 Å². The third-order valence-corrected chi connectivity index (χ3v) is 4.75. The molecule has 1 amide bonds. The lowest BCUT2D eigenvalue weighted by Gasteiger charge is -2.35. The third-order valence-electron chi connectivity index (χ3n) is 4.75. The molecular weight excluding hydrogens is 250 g/mol. The van der Waals surface area contributed by atoms with Gasteiger partial charge in [0, 0.05) is 39.1 Å². The zero-order valence-electron chi connectivity index (χ0n) is 12.8. The SMILES string of the molecule is C=CCN1CCN(C(=O)CC(C)C2CCCNC2)CC1. The second kappa shape index (κ2) is 7.79. The molecule has 0 saturated carbocycles. The normalized spacial score (nSPS) is 26.2. The van der Waals surface area contributed by atoms with E-state index in [0.717, 1.165) is 45.8 Å². The van der Waals surface area contributed by atoms with Crippen molar-refractivity contribution in [3.8, 4) is 0 Å². The Morgan fingerprint density at radius 3 is 2.75 bits per heavy atom. The van der Waals surface area contributed by atoms with E-state index in [1.807, 2.05) is 11.0 Å². The summed E-state index contributed by atoms with van der Waals surface area (Å²) in [6.07, 6.45) is 5.18. The Kier molecular flexibility index (Phi) is 6.05. The largest absolute Gasteiger partial charge is 0.340 e. The summed E-state index contributed by atoms with van der Waals surface area (Å²) in [5, 5.41) is 3.45. The number of hydrogen-bond donors (Lipinski definition) is 1. The number of nitrogens with zero attached hydrogens (tertiary/aromatic N) is 2. The summed E-state index contributed by atoms with van der Waals surface area (Å²) in [5.41, 5.74) is 0. The van der Waals surface area contributed by atoms with Gasteiger partial charge < -0.3 is 10.2 Å². The van der Waals surface area contributed by atoms with Crippen LogP contribution in [0.1, 0.15) is 26.2 Å². The molecule has 4 heteroatoms. The average Bonchev–Trinajstić information content (AvgIpc) is 2.49. The van der Waals surface area contributed by atoms with Crippen molar-refractivity contribution in [1.29, 1.82) is 0 Å². The zero-order chi connectivity index (χ0) is 14.4. The van der Waals surface area contributed by atoms with Crippen LogP contribution in [0, 0.1) is 11.8 Å². The standard InChI is InChI=1S/C16H29N3O/c1-3-7-18-8-10-19(11-9-18)16(20)12-14(2)15-5-4-6-17-13-15/h3,14-15,17H,1,4-13H2,2H3. The van der Waals surface area contributed by atoms with Crippen LogP contribution in [0.2, 0.25) is 0 Å². The van der Waals surface area contributed by atoms with Crippen molar-refractivity contribution in [2.24, 2.45) is 11.8 Å². The average molecular weight is 279 g/mol. The number of piperazine rings is 1. The van der Waals surface area contributed by atoms with Crippen LogP contribution in [0.4, 0.5) is 0 Å². The summed E-state index contributed by atoms with van der Waals surface area (Å²) in [5.74, 6) is 1.53. The lowest BCUT2D eigenvalue weighted by Crippen LogP contribution is -2.49. The molecule has 2 atom stereocenters. The highest BCUT2D eigenvalue weighted by Gasteiger charge is 2.26. The molecule has 1 N–H and O–H groups in total. The van der Waals surface area contributed by atoms with Crippen molar-refractivity contribution >= 4 is 5.91 Å². The van der Waals surface area contributed by atoms with E-state index >= 15 is 0 Å². The first-order chi connectivity index (χ1) is 9.70. The van der Waals surface area contributed by atoms with Crippen LogP contribution in [0.25, 0.3) is 0 Å². The molecule has 0 aromatic heterocycles. The fourth-order valence-electron chi connectivity index (χ4n) is 3.30. The third kappa shape index (κ3) is 4.32. The molecule has 2 heterocycles. The Balaban J connectivity index is 1.73. The first-order valence-electron chi connectivity index (χ1n) is 8.02. The minimum absolute atomic E-state index is 0.348. The Morgan fingerprint density at radius 2 is 2.15 bits per heavy atom. The molecule has 2 saturated heterocycles. The van der Waals surface area contributed by atoms with Crippen LogP contribution in [0.15, 0.2) is 12.7 Å². The molecule has 0 radical (unpaired) electrons. The number of carbonyl (C=O) groups excluding carboxylic acids is 1. The highest BCUT2D eigenvalue weighted by atomic mass is 16.2. The fraction of sp³-hybridized carbons (Fsp3) is 0.812. The molecular formula is C16H29N3O. The van der Waals surface area contributed by atoms with Gasteiger partial charge >= 0.3 is 0 Å². The van der Waals surface area contributed by atoms with E-state index in [2.05, 4.69) is 23.7 Å². The van der Waals surface area contributed by atoms with Crippen LogP contribution in [-0.4, -0.2) is 61.5 Å². The van der Waals surface area contributed by atoms with Crippen LogP contribution in [0.3, 0.4) is 0 Å². The number of amides is 1. The predicted octanol–water partition coefficient (Wildman–Crippen LogP) is 1.34. The van der Waals surface area contributed by atoms with E-state index < -0.39 is 0 Å². The second-order valence-corrected chi connectivity index (χ2v) is 6.26. The van der Waals surface area contributed by atoms with Gasteiger partial charge in [0.1, 0.15) is 0 Å². The molecule has 0 aromatic carbocycles. The quantitative estimate of drug-likeness (QED) is 0.772. The van der Waals surface area contributed by atoms with Crippen LogP contribution < -0.4 is 5.32 Å². The maximum absolute atomic E-state index is 12.4. The first-order valence-corrected chi connectivity index (χ1v) is 8.02. The van der Waals surface area contributed by atoms with Gasteiger partial charge in [-0.15, -0.1) is 6.58 Å². The Morgan fingerprint density at radius 1 is 1.40 bits per heavy atom. The highest BCUT2D eigenvalue weighted by molar-refractivity contribution is 5.76. The molecule has 2 fully saturated rings. The molecule has 2 aliphatic rings. The minimum atomic E-state index is 0.348. The van der Waals surface area contributed by atoms with Gasteiger partial charge in [0.05, 0.1) is 0 Å². The van der Waals surface area contributed by atoms with E-state index in [9.17, 15) is 4.79 Å². The van der Waals surface area contributed by atoms with Crippen molar-refractivity contribution < 1.29 is 4.79 Å². The van der Waals surface area contributed by atoms with E-state index in [1.165, 1.54) is 12.8 Å². The number of hydrogen-bond acceptors (Lipinski definition) is 3. The van der Waals surface area contributed by atoms with Crippen molar-refractivity contribution in [2.45, 2.75) is 26.2 Å². The van der Waals surface area contributed by atoms with Gasteiger partial charge in [0.2, 0.25) is 5.91 Å². The molecule has 0 aromatic rings. The van der Waals surface area contributed by atoms with E-state index in [1.54, 1.807) is 0 Å². The maximum Gasteiger partial charge on any atom is 0.222 e. The molecule has 0 aliphatic carbocycles. The second-order valence-electron chi connectivity index (χ2n) is 6.26. The van der Waals surface area contributed by atoms with Crippen LogP contribution >= 0.6 is 0 Å². The smallest absolute Gasteiger partial charge is 0.222 e. The topological polar surface area (TPSA) is 35.6 Å². The molecule has 2 unspecified atom stereocenters. The molecule has 0 bridgehead atoms. The summed E-state index contributed by atoms with van der Waals surface area (Å²) < 4.78 is 0. The van der Waals surface area contributed by atoms with Gasteiger partial charge in [-0.3, -0.25) is 9.69 Å². The summed E-state index contributed by atoms with van der Waals surface area (Å²) in [6.45, 7) is 12.9. The van der Waals surface area contributed by atoms with Crippen LogP contribution in [-0.2, 0) is 4.79 Å². The van der Waals surface area contributed by atoms with Crippen molar-refractivity contribution in [2.75, 3.05) is 45.8 Å². The Bertz CT molecular complexity index is 318. The molecule has 114 valence electrons. The minimum Gasteiger partial charge on any atom is -0.340 e. The molecule has 2 rings (SSSR count). The number of carbonyl (C=O) groups is 1. The van der Waals surface area contributed by atoms with Crippen molar-refractivity contribution in [1.82, 2.24) is 15.1 Å². The highest BCUT2D eigenvalue weighted by Crippen LogP contribution is 2.23. The summed E-state index contributed by atoms with van der Waals surface area (Å²) in [4.78, 5) is 16.8. The van der Waals surface area contributed by atoms with Gasteiger partial charge in [-0.05, 0) is 37.8 Å². The number of rotatable bonds is 5. The van der Waals surface area contributed by atoms with Gasteiger partial charge in [-0.1, -0.05) is 13.0 Å². The first kappa shape index (κ1) is 15.5. The molecule has 2 aliphatic heterocycles. The molecule has 0 spiro atoms. The van der Waals surface area contributed by atoms with Crippen molar-refractivity contribution in [3.05, 3.63) is 12.7 Å². The van der Waals surface area contributed by atoms with Crippen molar-refractivity contribution in [3.63, 3.8) is 0 Å². The van der Waals surface area contributed by atoms with E-state index in [4.69, 9.17) is 0 Å². The van der Waals surface area contributed by atoms with E-state index in [0.29, 0.717) is 24.2 Å². The fourth-order valence-corrected chi connectivity index (χ4v) is 3.30. The van der Waals surface area contributed by atoms with Gasteiger partial charge in [0.25, 0.3) is 0 Å². The number of nitrogens with one attached hydrogen (secondary N) is 1. The van der Waals surface area contributed by atoms with E-state index in [-0.39, 0.29) is 0 Å². The predicted molar refractivity (Wildman–Crippen MR) is 82.6 cm³/mol. The Hall–Kier alpha value is -0.870. The lowest BCUT2D eigenvalue weighted by atomic mass is 9.85. The zero-order valence-corrected chi connectivity index (χ0v) is 12.8. The summed E-state index contributed by atoms with van der Waals surface area (Å²) in [7, 11) is 0. The van der Waals surface area contributed by atoms with Crippen LogP contribution in [0.5, 0.6) is 0 Å². The lowest BCUT2D eigenvalue weighted by molar-refractivity contribution is -0.134.